The molecular formula is C8H12O5. The number of aliphatic hydroxyl groups is 2. The van der Waals surface area contributed by atoms with E-state index in [2.05, 4.69) is 0 Å². The summed E-state index contributed by atoms with van der Waals surface area (Å²) in [5.41, 5.74) is 0. The van der Waals surface area contributed by atoms with Gasteiger partial charge in [0.1, 0.15) is 24.1 Å². The molecule has 1 rings (SSSR count). The van der Waals surface area contributed by atoms with Crippen LogP contribution in [0.4, 0.5) is 0 Å². The number of hydrogen-bond acceptors (Lipinski definition) is 5. The first-order valence-electron chi connectivity index (χ1n) is 3.80. The Kier molecular flexibility index (Phi) is 3.02. The molecule has 1 aliphatic rings. The summed E-state index contributed by atoms with van der Waals surface area (Å²) in [6.07, 6.45) is -2.34. The zero-order valence-electron chi connectivity index (χ0n) is 7.43. The van der Waals surface area contributed by atoms with Gasteiger partial charge in [-0.2, -0.15) is 0 Å². The highest BCUT2D eigenvalue weighted by molar-refractivity contribution is 5.95. The van der Waals surface area contributed by atoms with Gasteiger partial charge >= 0.3 is 0 Å². The van der Waals surface area contributed by atoms with Crippen LogP contribution in [0.1, 0.15) is 0 Å². The summed E-state index contributed by atoms with van der Waals surface area (Å²) in [5.74, 6) is -0.344. The van der Waals surface area contributed by atoms with Gasteiger partial charge in [-0.05, 0) is 0 Å². The molecule has 0 aromatic heterocycles. The van der Waals surface area contributed by atoms with Crippen LogP contribution >= 0.6 is 0 Å². The Hall–Kier alpha value is -0.910. The molecule has 2 N–H and O–H groups in total. The quantitative estimate of drug-likeness (QED) is 0.571. The van der Waals surface area contributed by atoms with Gasteiger partial charge in [-0.3, -0.25) is 4.79 Å². The molecule has 3 atom stereocenters. The molecule has 0 amide bonds. The number of ketones is 1. The van der Waals surface area contributed by atoms with Gasteiger partial charge in [0.2, 0.25) is 0 Å². The fourth-order valence-corrected chi connectivity index (χ4v) is 1.24. The molecule has 0 bridgehead atoms. The second-order valence-electron chi connectivity index (χ2n) is 2.74. The van der Waals surface area contributed by atoms with Crippen LogP contribution in [0.5, 0.6) is 0 Å². The summed E-state index contributed by atoms with van der Waals surface area (Å²) in [6, 6.07) is 0. The van der Waals surface area contributed by atoms with E-state index < -0.39 is 24.1 Å². The van der Waals surface area contributed by atoms with Gasteiger partial charge in [0, 0.05) is 13.2 Å². The minimum atomic E-state index is -1.43. The monoisotopic (exact) mass is 188 g/mol. The molecule has 74 valence electrons. The zero-order valence-corrected chi connectivity index (χ0v) is 7.43. The molecular weight excluding hydrogens is 176 g/mol. The van der Waals surface area contributed by atoms with Crippen molar-refractivity contribution in [1.82, 2.24) is 0 Å². The van der Waals surface area contributed by atoms with E-state index in [-0.39, 0.29) is 5.76 Å². The molecule has 0 fully saturated rings. The largest absolute Gasteiger partial charge is 0.498 e. The number of carbonyl (C=O) groups excluding carboxylic acids is 1. The van der Waals surface area contributed by atoms with Gasteiger partial charge in [0.25, 0.3) is 0 Å². The second-order valence-corrected chi connectivity index (χ2v) is 2.74. The van der Waals surface area contributed by atoms with E-state index in [0.29, 0.717) is 0 Å². The first kappa shape index (κ1) is 10.2. The van der Waals surface area contributed by atoms with Crippen LogP contribution in [0.3, 0.4) is 0 Å². The topological polar surface area (TPSA) is 76.0 Å². The molecule has 0 heterocycles. The normalized spacial score (nSPS) is 34.3. The van der Waals surface area contributed by atoms with Crippen molar-refractivity contribution in [1.29, 1.82) is 0 Å². The molecule has 5 nitrogen and oxygen atoms in total. The third-order valence-corrected chi connectivity index (χ3v) is 1.98. The van der Waals surface area contributed by atoms with Gasteiger partial charge in [0.15, 0.2) is 5.78 Å². The fourth-order valence-electron chi connectivity index (χ4n) is 1.24. The Morgan fingerprint density at radius 3 is 2.46 bits per heavy atom. The van der Waals surface area contributed by atoms with E-state index in [1.165, 1.54) is 14.2 Å². The van der Waals surface area contributed by atoms with Gasteiger partial charge in [-0.25, -0.2) is 0 Å². The molecule has 5 heteroatoms. The van der Waals surface area contributed by atoms with Crippen LogP contribution in [0.15, 0.2) is 11.8 Å². The molecule has 3 unspecified atom stereocenters. The Balaban J connectivity index is 2.94. The van der Waals surface area contributed by atoms with Gasteiger partial charge in [-0.15, -0.1) is 0 Å². The van der Waals surface area contributed by atoms with E-state index in [1.54, 1.807) is 0 Å². The fraction of sp³-hybridized carbons (Fsp3) is 0.625. The number of methoxy groups -OCH3 is 2. The van der Waals surface area contributed by atoms with Crippen molar-refractivity contribution in [3.8, 4) is 0 Å². The van der Waals surface area contributed by atoms with E-state index >= 15 is 0 Å². The van der Waals surface area contributed by atoms with Crippen LogP contribution in [0.25, 0.3) is 0 Å². The number of rotatable bonds is 2. The summed E-state index contributed by atoms with van der Waals surface area (Å²) in [6.45, 7) is 0. The van der Waals surface area contributed by atoms with Crippen molar-refractivity contribution in [3.05, 3.63) is 11.8 Å². The highest BCUT2D eigenvalue weighted by Crippen LogP contribution is 2.20. The average molecular weight is 188 g/mol. The van der Waals surface area contributed by atoms with Crippen molar-refractivity contribution in [3.63, 3.8) is 0 Å². The highest BCUT2D eigenvalue weighted by atomic mass is 16.5. The van der Waals surface area contributed by atoms with Crippen LogP contribution < -0.4 is 0 Å². The van der Waals surface area contributed by atoms with Gasteiger partial charge in [0.05, 0.1) is 7.11 Å². The molecule has 0 saturated heterocycles. The minimum Gasteiger partial charge on any atom is -0.498 e. The lowest BCUT2D eigenvalue weighted by Gasteiger charge is -2.29. The Morgan fingerprint density at radius 1 is 1.38 bits per heavy atom. The highest BCUT2D eigenvalue weighted by Gasteiger charge is 2.38. The minimum absolute atomic E-state index is 0.227. The number of ether oxygens (including phenoxy) is 2. The lowest BCUT2D eigenvalue weighted by atomic mass is 9.96. The molecule has 0 spiro atoms. The van der Waals surface area contributed by atoms with E-state index in [9.17, 15) is 15.0 Å². The lowest BCUT2D eigenvalue weighted by Crippen LogP contribution is -2.47. The van der Waals surface area contributed by atoms with Crippen LogP contribution in [-0.2, 0) is 14.3 Å². The van der Waals surface area contributed by atoms with Crippen molar-refractivity contribution < 1.29 is 24.5 Å². The Labute approximate surface area is 75.6 Å². The molecule has 0 aromatic carbocycles. The van der Waals surface area contributed by atoms with E-state index in [0.717, 1.165) is 6.08 Å². The Morgan fingerprint density at radius 2 is 2.00 bits per heavy atom. The maximum absolute atomic E-state index is 11.0. The Bertz CT molecular complexity index is 235. The predicted octanol–water partition coefficient (Wildman–Crippen LogP) is -1.16. The van der Waals surface area contributed by atoms with Gasteiger partial charge in [-0.1, -0.05) is 0 Å². The average Bonchev–Trinajstić information content (AvgIpc) is 2.13. The number of hydrogen-bond donors (Lipinski definition) is 2. The van der Waals surface area contributed by atoms with Crippen molar-refractivity contribution in [2.75, 3.05) is 14.2 Å². The lowest BCUT2D eigenvalue weighted by molar-refractivity contribution is -0.139. The second kappa shape index (κ2) is 3.87. The summed E-state index contributed by atoms with van der Waals surface area (Å²) in [5, 5.41) is 18.6. The molecule has 1 aliphatic carbocycles. The molecule has 0 saturated carbocycles. The molecule has 0 aliphatic heterocycles. The standard InChI is InChI=1S/C8H12O5/c1-12-5-3-4(9)6(10)7(11)8(5)13-2/h3,6-8,10-11H,1-2H3. The van der Waals surface area contributed by atoms with Crippen molar-refractivity contribution >= 4 is 5.78 Å². The van der Waals surface area contributed by atoms with Crippen LogP contribution in [0, 0.1) is 0 Å². The maximum Gasteiger partial charge on any atom is 0.190 e. The van der Waals surface area contributed by atoms with E-state index in [4.69, 9.17) is 9.47 Å². The van der Waals surface area contributed by atoms with E-state index in [1.807, 2.05) is 0 Å². The number of carbonyl (C=O) groups is 1. The van der Waals surface area contributed by atoms with Crippen LogP contribution in [0.2, 0.25) is 0 Å². The molecule has 0 aromatic rings. The number of aliphatic hydroxyl groups excluding tert-OH is 2. The zero-order chi connectivity index (χ0) is 10.0. The SMILES string of the molecule is COC1=CC(=O)C(O)C(O)C1OC. The third-order valence-electron chi connectivity index (χ3n) is 1.98. The van der Waals surface area contributed by atoms with Gasteiger partial charge < -0.3 is 19.7 Å². The summed E-state index contributed by atoms with van der Waals surface area (Å²) in [4.78, 5) is 11.0. The first-order valence-corrected chi connectivity index (χ1v) is 3.80. The summed E-state index contributed by atoms with van der Waals surface area (Å²) < 4.78 is 9.70. The third kappa shape index (κ3) is 1.72. The smallest absolute Gasteiger partial charge is 0.190 e. The molecule has 0 radical (unpaired) electrons. The summed E-state index contributed by atoms with van der Waals surface area (Å²) in [7, 11) is 2.73. The van der Waals surface area contributed by atoms with Crippen molar-refractivity contribution in [2.24, 2.45) is 0 Å². The summed E-state index contributed by atoms with van der Waals surface area (Å²) >= 11 is 0. The first-order chi connectivity index (χ1) is 6.11. The van der Waals surface area contributed by atoms with Crippen molar-refractivity contribution in [2.45, 2.75) is 18.3 Å². The predicted molar refractivity (Wildman–Crippen MR) is 42.9 cm³/mol. The van der Waals surface area contributed by atoms with Crippen LogP contribution in [-0.4, -0.2) is 48.5 Å². The maximum atomic E-state index is 11.0. The molecule has 13 heavy (non-hydrogen) atoms.